The summed E-state index contributed by atoms with van der Waals surface area (Å²) in [5.41, 5.74) is -0.189. The molecule has 1 rings (SSSR count). The molecular formula is C14H25NO4S. The zero-order valence-corrected chi connectivity index (χ0v) is 13.8. The van der Waals surface area contributed by atoms with Gasteiger partial charge in [-0.25, -0.2) is 0 Å². The third-order valence-corrected chi connectivity index (χ3v) is 5.25. The third kappa shape index (κ3) is 3.88. The number of carbonyl (C=O) groups is 2. The molecule has 0 amide bonds. The maximum absolute atomic E-state index is 11.9. The standard InChI is InChI=1S/C14H25NO4S/c1-6-18-11(16)8-14(13(3,4)5)15-10(9-20-14)12(17)19-7-2/h10,15H,6-9H2,1-5H3/t10-,14?/m0/s1. The van der Waals surface area contributed by atoms with Crippen molar-refractivity contribution in [3.8, 4) is 0 Å². The van der Waals surface area contributed by atoms with Crippen LogP contribution in [-0.2, 0) is 19.1 Å². The van der Waals surface area contributed by atoms with E-state index in [9.17, 15) is 9.59 Å². The fourth-order valence-corrected chi connectivity index (χ4v) is 3.72. The minimum atomic E-state index is -0.503. The molecule has 1 unspecified atom stereocenters. The summed E-state index contributed by atoms with van der Waals surface area (Å²) in [6.07, 6.45) is 0.241. The summed E-state index contributed by atoms with van der Waals surface area (Å²) in [6.45, 7) is 10.5. The summed E-state index contributed by atoms with van der Waals surface area (Å²) < 4.78 is 10.1. The van der Waals surface area contributed by atoms with Crippen LogP contribution in [0.4, 0.5) is 0 Å². The summed E-state index contributed by atoms with van der Waals surface area (Å²) in [6, 6.07) is -0.367. The number of esters is 2. The molecule has 1 aliphatic heterocycles. The number of rotatable bonds is 5. The lowest BCUT2D eigenvalue weighted by Gasteiger charge is -2.40. The summed E-state index contributed by atoms with van der Waals surface area (Å²) in [5, 5.41) is 3.31. The van der Waals surface area contributed by atoms with E-state index in [1.165, 1.54) is 0 Å². The van der Waals surface area contributed by atoms with Crippen LogP contribution < -0.4 is 5.32 Å². The zero-order chi connectivity index (χ0) is 15.4. The predicted molar refractivity (Wildman–Crippen MR) is 79.5 cm³/mol. The van der Waals surface area contributed by atoms with Gasteiger partial charge in [0.15, 0.2) is 0 Å². The first-order chi connectivity index (χ1) is 9.25. The van der Waals surface area contributed by atoms with Crippen LogP contribution in [0.1, 0.15) is 41.0 Å². The molecule has 0 radical (unpaired) electrons. The van der Waals surface area contributed by atoms with Crippen LogP contribution in [0.3, 0.4) is 0 Å². The van der Waals surface area contributed by atoms with E-state index in [1.807, 2.05) is 0 Å². The van der Waals surface area contributed by atoms with Crippen LogP contribution in [0.15, 0.2) is 0 Å². The second-order valence-corrected chi connectivity index (χ2v) is 7.14. The van der Waals surface area contributed by atoms with Crippen LogP contribution in [0.5, 0.6) is 0 Å². The van der Waals surface area contributed by atoms with Crippen molar-refractivity contribution in [1.82, 2.24) is 5.32 Å². The van der Waals surface area contributed by atoms with Crippen molar-refractivity contribution >= 4 is 23.7 Å². The van der Waals surface area contributed by atoms with Crippen molar-refractivity contribution in [2.45, 2.75) is 52.0 Å². The van der Waals surface area contributed by atoms with Crippen molar-refractivity contribution < 1.29 is 19.1 Å². The zero-order valence-electron chi connectivity index (χ0n) is 12.9. The van der Waals surface area contributed by atoms with Gasteiger partial charge < -0.3 is 9.47 Å². The summed E-state index contributed by atoms with van der Waals surface area (Å²) in [7, 11) is 0. The fourth-order valence-electron chi connectivity index (χ4n) is 2.18. The number of nitrogens with one attached hydrogen (secondary N) is 1. The van der Waals surface area contributed by atoms with Gasteiger partial charge in [-0.05, 0) is 19.3 Å². The Morgan fingerprint density at radius 2 is 1.85 bits per heavy atom. The van der Waals surface area contributed by atoms with Crippen LogP contribution in [0.2, 0.25) is 0 Å². The van der Waals surface area contributed by atoms with Gasteiger partial charge in [-0.3, -0.25) is 14.9 Å². The Labute approximate surface area is 125 Å². The molecule has 0 bridgehead atoms. The molecule has 1 N–H and O–H groups in total. The van der Waals surface area contributed by atoms with Gasteiger partial charge in [0.25, 0.3) is 0 Å². The van der Waals surface area contributed by atoms with Gasteiger partial charge >= 0.3 is 11.9 Å². The van der Waals surface area contributed by atoms with Gasteiger partial charge in [-0.2, -0.15) is 0 Å². The lowest BCUT2D eigenvalue weighted by atomic mass is 9.83. The molecule has 0 aromatic heterocycles. The van der Waals surface area contributed by atoms with Gasteiger partial charge in [-0.15, -0.1) is 11.8 Å². The van der Waals surface area contributed by atoms with Crippen LogP contribution in [-0.4, -0.2) is 41.8 Å². The lowest BCUT2D eigenvalue weighted by molar-refractivity contribution is -0.148. The molecule has 1 aliphatic rings. The summed E-state index contributed by atoms with van der Waals surface area (Å²) in [5.74, 6) is 0.108. The first-order valence-corrected chi connectivity index (χ1v) is 7.98. The average molecular weight is 303 g/mol. The highest BCUT2D eigenvalue weighted by Gasteiger charge is 2.51. The SMILES string of the molecule is CCOC(=O)CC1(C(C)(C)C)N[C@H](C(=O)OCC)CS1. The molecule has 5 nitrogen and oxygen atoms in total. The van der Waals surface area contributed by atoms with Crippen molar-refractivity contribution in [1.29, 1.82) is 0 Å². The molecule has 1 fully saturated rings. The van der Waals surface area contributed by atoms with Crippen molar-refractivity contribution in [3.05, 3.63) is 0 Å². The topological polar surface area (TPSA) is 64.6 Å². The Balaban J connectivity index is 2.83. The van der Waals surface area contributed by atoms with Gasteiger partial charge in [0, 0.05) is 5.75 Å². The number of ether oxygens (including phenoxy) is 2. The quantitative estimate of drug-likeness (QED) is 0.783. The minimum absolute atomic E-state index is 0.189. The summed E-state index contributed by atoms with van der Waals surface area (Å²) >= 11 is 1.60. The lowest BCUT2D eigenvalue weighted by Crippen LogP contribution is -2.54. The first-order valence-electron chi connectivity index (χ1n) is 6.99. The molecule has 0 spiro atoms. The minimum Gasteiger partial charge on any atom is -0.466 e. The number of hydrogen-bond donors (Lipinski definition) is 1. The van der Waals surface area contributed by atoms with Crippen LogP contribution in [0, 0.1) is 5.41 Å². The van der Waals surface area contributed by atoms with Gasteiger partial charge in [0.1, 0.15) is 6.04 Å². The Kier molecular flexibility index (Phi) is 5.89. The van der Waals surface area contributed by atoms with E-state index in [1.54, 1.807) is 25.6 Å². The average Bonchev–Trinajstić information content (AvgIpc) is 2.74. The second kappa shape index (κ2) is 6.80. The normalized spacial score (nSPS) is 26.4. The predicted octanol–water partition coefficient (Wildman–Crippen LogP) is 1.95. The second-order valence-electron chi connectivity index (χ2n) is 5.82. The van der Waals surface area contributed by atoms with E-state index in [0.29, 0.717) is 19.0 Å². The molecule has 2 atom stereocenters. The molecular weight excluding hydrogens is 278 g/mol. The molecule has 0 aliphatic carbocycles. The van der Waals surface area contributed by atoms with E-state index < -0.39 is 4.87 Å². The molecule has 20 heavy (non-hydrogen) atoms. The van der Waals surface area contributed by atoms with Crippen molar-refractivity contribution in [2.24, 2.45) is 5.41 Å². The Morgan fingerprint density at radius 3 is 2.35 bits per heavy atom. The number of hydrogen-bond acceptors (Lipinski definition) is 6. The van der Waals surface area contributed by atoms with E-state index in [0.717, 1.165) is 0 Å². The van der Waals surface area contributed by atoms with Crippen molar-refractivity contribution in [2.75, 3.05) is 19.0 Å². The molecule has 116 valence electrons. The smallest absolute Gasteiger partial charge is 0.324 e. The van der Waals surface area contributed by atoms with E-state index in [4.69, 9.17) is 9.47 Å². The molecule has 6 heteroatoms. The highest BCUT2D eigenvalue weighted by molar-refractivity contribution is 8.01. The monoisotopic (exact) mass is 303 g/mol. The largest absolute Gasteiger partial charge is 0.466 e. The highest BCUT2D eigenvalue weighted by Crippen LogP contribution is 2.47. The maximum atomic E-state index is 11.9. The maximum Gasteiger partial charge on any atom is 0.324 e. The number of thioether (sulfide) groups is 1. The van der Waals surface area contributed by atoms with E-state index >= 15 is 0 Å². The van der Waals surface area contributed by atoms with Crippen LogP contribution >= 0.6 is 11.8 Å². The Bertz CT molecular complexity index is 367. The third-order valence-electron chi connectivity index (χ3n) is 3.39. The Morgan fingerprint density at radius 1 is 1.25 bits per heavy atom. The molecule has 1 saturated heterocycles. The first kappa shape index (κ1) is 17.3. The van der Waals surface area contributed by atoms with Gasteiger partial charge in [-0.1, -0.05) is 20.8 Å². The molecule has 0 aromatic carbocycles. The summed E-state index contributed by atoms with van der Waals surface area (Å²) in [4.78, 5) is 23.2. The van der Waals surface area contributed by atoms with Gasteiger partial charge in [0.05, 0.1) is 24.5 Å². The molecule has 0 aromatic rings. The van der Waals surface area contributed by atoms with Crippen molar-refractivity contribution in [3.63, 3.8) is 0 Å². The van der Waals surface area contributed by atoms with Gasteiger partial charge in [0.2, 0.25) is 0 Å². The molecule has 1 heterocycles. The van der Waals surface area contributed by atoms with E-state index in [-0.39, 0.29) is 29.8 Å². The fraction of sp³-hybridized carbons (Fsp3) is 0.857. The van der Waals surface area contributed by atoms with E-state index in [2.05, 4.69) is 26.1 Å². The number of carbonyl (C=O) groups excluding carboxylic acids is 2. The Hall–Kier alpha value is -0.750. The van der Waals surface area contributed by atoms with Crippen LogP contribution in [0.25, 0.3) is 0 Å². The highest BCUT2D eigenvalue weighted by atomic mass is 32.2. The molecule has 0 saturated carbocycles.